The molecule has 2 N–H and O–H groups in total. The smallest absolute Gasteiger partial charge is 0.284 e. The third-order valence-electron chi connectivity index (χ3n) is 0.868. The summed E-state index contributed by atoms with van der Waals surface area (Å²) in [7, 11) is 0. The van der Waals surface area contributed by atoms with Gasteiger partial charge in [0.2, 0.25) is 5.78 Å². The van der Waals surface area contributed by atoms with Crippen molar-refractivity contribution in [3.05, 3.63) is 0 Å². The van der Waals surface area contributed by atoms with Gasteiger partial charge in [-0.3, -0.25) is 9.59 Å². The Morgan fingerprint density at radius 2 is 1.89 bits per heavy atom. The summed E-state index contributed by atoms with van der Waals surface area (Å²) in [5.41, 5.74) is 4.70. The predicted octanol–water partition coefficient (Wildman–Crippen LogP) is 0.0869. The van der Waals surface area contributed by atoms with E-state index in [4.69, 9.17) is 5.73 Å². The maximum atomic E-state index is 10.5. The van der Waals surface area contributed by atoms with Crippen LogP contribution in [0.1, 0.15) is 20.3 Å². The molecule has 0 spiro atoms. The fourth-order valence-electron chi connectivity index (χ4n) is 0.471. The molecule has 0 atom stereocenters. The van der Waals surface area contributed by atoms with Gasteiger partial charge < -0.3 is 5.73 Å². The van der Waals surface area contributed by atoms with Crippen LogP contribution in [0.4, 0.5) is 0 Å². The highest BCUT2D eigenvalue weighted by Gasteiger charge is 2.09. The molecule has 3 nitrogen and oxygen atoms in total. The van der Waals surface area contributed by atoms with E-state index in [1.807, 2.05) is 13.8 Å². The van der Waals surface area contributed by atoms with Gasteiger partial charge in [-0.05, 0) is 5.92 Å². The average Bonchev–Trinajstić information content (AvgIpc) is 1.63. The first-order valence-corrected chi connectivity index (χ1v) is 2.86. The predicted molar refractivity (Wildman–Crippen MR) is 33.7 cm³/mol. The van der Waals surface area contributed by atoms with E-state index in [9.17, 15) is 9.59 Å². The van der Waals surface area contributed by atoms with Crippen LogP contribution in [0.15, 0.2) is 0 Å². The zero-order chi connectivity index (χ0) is 7.44. The van der Waals surface area contributed by atoms with Gasteiger partial charge in [-0.25, -0.2) is 0 Å². The van der Waals surface area contributed by atoms with E-state index in [-0.39, 0.29) is 12.3 Å². The third kappa shape index (κ3) is 3.70. The molecule has 0 radical (unpaired) electrons. The number of amides is 1. The minimum atomic E-state index is -0.830. The van der Waals surface area contributed by atoms with Crippen LogP contribution in [0.2, 0.25) is 0 Å². The van der Waals surface area contributed by atoms with Crippen molar-refractivity contribution in [2.45, 2.75) is 20.3 Å². The number of carbonyl (C=O) groups excluding carboxylic acids is 2. The lowest BCUT2D eigenvalue weighted by Crippen LogP contribution is -2.23. The van der Waals surface area contributed by atoms with Crippen molar-refractivity contribution in [1.82, 2.24) is 0 Å². The summed E-state index contributed by atoms with van der Waals surface area (Å²) in [6, 6.07) is 0. The van der Waals surface area contributed by atoms with E-state index >= 15 is 0 Å². The van der Waals surface area contributed by atoms with Crippen LogP contribution in [0, 0.1) is 5.92 Å². The second-order valence-electron chi connectivity index (χ2n) is 2.39. The fourth-order valence-corrected chi connectivity index (χ4v) is 0.471. The van der Waals surface area contributed by atoms with Crippen molar-refractivity contribution in [1.29, 1.82) is 0 Å². The van der Waals surface area contributed by atoms with Crippen LogP contribution in [-0.2, 0) is 9.59 Å². The minimum absolute atomic E-state index is 0.213. The van der Waals surface area contributed by atoms with E-state index in [1.54, 1.807) is 0 Å². The molecule has 0 aliphatic heterocycles. The Bertz CT molecular complexity index is 129. The largest absolute Gasteiger partial charge is 0.363 e. The van der Waals surface area contributed by atoms with Gasteiger partial charge in [0.15, 0.2) is 0 Å². The van der Waals surface area contributed by atoms with Crippen molar-refractivity contribution in [3.8, 4) is 0 Å². The Balaban J connectivity index is 3.65. The standard InChI is InChI=1S/C6H11NO2/c1-4(2)3-5(8)6(7)9/h4H,3H2,1-2H3,(H2,7,9). The number of hydrogen-bond acceptors (Lipinski definition) is 2. The normalized spacial score (nSPS) is 9.67. The molecule has 3 heteroatoms. The first kappa shape index (κ1) is 8.14. The molecule has 0 unspecified atom stereocenters. The van der Waals surface area contributed by atoms with Gasteiger partial charge in [-0.2, -0.15) is 0 Å². The molecule has 52 valence electrons. The van der Waals surface area contributed by atoms with E-state index in [0.29, 0.717) is 0 Å². The Labute approximate surface area is 54.2 Å². The lowest BCUT2D eigenvalue weighted by molar-refractivity contribution is -0.136. The SMILES string of the molecule is CC(C)CC(=O)C(N)=O. The highest BCUT2D eigenvalue weighted by atomic mass is 16.2. The summed E-state index contributed by atoms with van der Waals surface area (Å²) in [5, 5.41) is 0. The monoisotopic (exact) mass is 129 g/mol. The van der Waals surface area contributed by atoms with Gasteiger partial charge >= 0.3 is 0 Å². The third-order valence-corrected chi connectivity index (χ3v) is 0.868. The van der Waals surface area contributed by atoms with Crippen molar-refractivity contribution < 1.29 is 9.59 Å². The summed E-state index contributed by atoms with van der Waals surface area (Å²) in [5.74, 6) is -1.10. The van der Waals surface area contributed by atoms with Gasteiger partial charge in [0.25, 0.3) is 5.91 Å². The molecule has 1 amide bonds. The summed E-state index contributed by atoms with van der Waals surface area (Å²) in [6.45, 7) is 3.72. The fraction of sp³-hybridized carbons (Fsp3) is 0.667. The molecule has 0 heterocycles. The van der Waals surface area contributed by atoms with Gasteiger partial charge in [0.1, 0.15) is 0 Å². The Kier molecular flexibility index (Phi) is 2.91. The Morgan fingerprint density at radius 3 is 2.00 bits per heavy atom. The first-order chi connectivity index (χ1) is 4.04. The molecule has 0 aliphatic rings. The van der Waals surface area contributed by atoms with Gasteiger partial charge in [-0.15, -0.1) is 0 Å². The Morgan fingerprint density at radius 1 is 1.44 bits per heavy atom. The maximum Gasteiger partial charge on any atom is 0.284 e. The van der Waals surface area contributed by atoms with Crippen LogP contribution in [0.5, 0.6) is 0 Å². The number of Topliss-reactive ketones (excluding diaryl/α,β-unsaturated/α-hetero) is 1. The molecular weight excluding hydrogens is 118 g/mol. The van der Waals surface area contributed by atoms with Crippen molar-refractivity contribution in [2.24, 2.45) is 11.7 Å². The highest BCUT2D eigenvalue weighted by Crippen LogP contribution is 1.98. The minimum Gasteiger partial charge on any atom is -0.363 e. The molecule has 0 rings (SSSR count). The molecular formula is C6H11NO2. The van der Waals surface area contributed by atoms with Gasteiger partial charge in [0.05, 0.1) is 0 Å². The first-order valence-electron chi connectivity index (χ1n) is 2.86. The Hall–Kier alpha value is -0.860. The molecule has 0 aromatic carbocycles. The van der Waals surface area contributed by atoms with Crippen LogP contribution in [0.25, 0.3) is 0 Å². The van der Waals surface area contributed by atoms with Crippen LogP contribution < -0.4 is 5.73 Å². The number of hydrogen-bond donors (Lipinski definition) is 1. The number of nitrogens with two attached hydrogens (primary N) is 1. The number of rotatable bonds is 3. The lowest BCUT2D eigenvalue weighted by atomic mass is 10.1. The zero-order valence-electron chi connectivity index (χ0n) is 5.68. The van der Waals surface area contributed by atoms with Crippen LogP contribution in [0.3, 0.4) is 0 Å². The molecule has 0 saturated heterocycles. The maximum absolute atomic E-state index is 10.5. The molecule has 0 aromatic heterocycles. The lowest BCUT2D eigenvalue weighted by Gasteiger charge is -1.97. The van der Waals surface area contributed by atoms with E-state index in [2.05, 4.69) is 0 Å². The van der Waals surface area contributed by atoms with Crippen molar-refractivity contribution in [2.75, 3.05) is 0 Å². The highest BCUT2D eigenvalue weighted by molar-refractivity contribution is 6.35. The molecule has 0 bridgehead atoms. The van der Waals surface area contributed by atoms with E-state index in [1.165, 1.54) is 0 Å². The summed E-state index contributed by atoms with van der Waals surface area (Å²) >= 11 is 0. The zero-order valence-corrected chi connectivity index (χ0v) is 5.68. The molecule has 0 fully saturated rings. The summed E-state index contributed by atoms with van der Waals surface area (Å²) in [4.78, 5) is 20.6. The van der Waals surface area contributed by atoms with E-state index < -0.39 is 11.7 Å². The molecule has 0 aromatic rings. The number of carbonyl (C=O) groups is 2. The van der Waals surface area contributed by atoms with E-state index in [0.717, 1.165) is 0 Å². The second-order valence-corrected chi connectivity index (χ2v) is 2.39. The topological polar surface area (TPSA) is 60.2 Å². The second kappa shape index (κ2) is 3.22. The number of primary amides is 1. The summed E-state index contributed by atoms with van der Waals surface area (Å²) < 4.78 is 0. The molecule has 0 aliphatic carbocycles. The quantitative estimate of drug-likeness (QED) is 0.549. The van der Waals surface area contributed by atoms with Gasteiger partial charge in [-0.1, -0.05) is 13.8 Å². The van der Waals surface area contributed by atoms with Crippen LogP contribution >= 0.6 is 0 Å². The summed E-state index contributed by atoms with van der Waals surface area (Å²) in [6.07, 6.45) is 0.259. The molecule has 9 heavy (non-hydrogen) atoms. The average molecular weight is 129 g/mol. The van der Waals surface area contributed by atoms with Gasteiger partial charge in [0, 0.05) is 6.42 Å². The van der Waals surface area contributed by atoms with Crippen molar-refractivity contribution in [3.63, 3.8) is 0 Å². The van der Waals surface area contributed by atoms with Crippen LogP contribution in [-0.4, -0.2) is 11.7 Å². The molecule has 0 saturated carbocycles. The number of ketones is 1. The van der Waals surface area contributed by atoms with Crippen molar-refractivity contribution >= 4 is 11.7 Å².